The van der Waals surface area contributed by atoms with E-state index in [0.29, 0.717) is 27.8 Å². The predicted molar refractivity (Wildman–Crippen MR) is 109 cm³/mol. The number of imidazole rings is 1. The van der Waals surface area contributed by atoms with E-state index >= 15 is 0 Å². The molecule has 4 aromatic rings. The molecular formula is C20H16F3N5OS. The summed E-state index contributed by atoms with van der Waals surface area (Å²) in [5.74, 6) is -0.171. The third-order valence-electron chi connectivity index (χ3n) is 4.50. The van der Waals surface area contributed by atoms with Crippen LogP contribution in [0.1, 0.15) is 21.6 Å². The molecule has 1 aromatic carbocycles. The molecule has 1 amide bonds. The molecule has 154 valence electrons. The molecule has 6 nitrogen and oxygen atoms in total. The summed E-state index contributed by atoms with van der Waals surface area (Å²) < 4.78 is 40.5. The van der Waals surface area contributed by atoms with Crippen LogP contribution in [0.15, 0.2) is 48.0 Å². The fraction of sp³-hybridized carbons (Fsp3) is 0.150. The van der Waals surface area contributed by atoms with Crippen molar-refractivity contribution in [2.75, 3.05) is 12.4 Å². The van der Waals surface area contributed by atoms with Crippen LogP contribution < -0.4 is 10.6 Å². The first kappa shape index (κ1) is 19.9. The molecule has 0 aliphatic rings. The molecule has 0 saturated heterocycles. The lowest BCUT2D eigenvalue weighted by molar-refractivity contribution is -0.137. The van der Waals surface area contributed by atoms with E-state index in [-0.39, 0.29) is 11.6 Å². The Morgan fingerprint density at radius 2 is 1.87 bits per heavy atom. The lowest BCUT2D eigenvalue weighted by atomic mass is 10.2. The van der Waals surface area contributed by atoms with Crippen molar-refractivity contribution in [3.63, 3.8) is 0 Å². The van der Waals surface area contributed by atoms with Gasteiger partial charge in [-0.05, 0) is 43.3 Å². The number of hydrogen-bond donors (Lipinski definition) is 2. The number of pyridine rings is 1. The lowest BCUT2D eigenvalue weighted by Gasteiger charge is -2.07. The van der Waals surface area contributed by atoms with Gasteiger partial charge in [-0.2, -0.15) is 13.2 Å². The summed E-state index contributed by atoms with van der Waals surface area (Å²) in [6.45, 7) is 1.74. The number of alkyl halides is 3. The monoisotopic (exact) mass is 431 g/mol. The fourth-order valence-electron chi connectivity index (χ4n) is 3.06. The number of nitrogens with one attached hydrogen (secondary N) is 2. The van der Waals surface area contributed by atoms with Crippen LogP contribution in [0.4, 0.5) is 24.0 Å². The molecule has 4 rings (SSSR count). The molecule has 0 fully saturated rings. The summed E-state index contributed by atoms with van der Waals surface area (Å²) in [6.07, 6.45) is -3.07. The molecule has 2 N–H and O–H groups in total. The highest BCUT2D eigenvalue weighted by molar-refractivity contribution is 7.14. The number of benzene rings is 1. The molecule has 0 radical (unpaired) electrons. The lowest BCUT2D eigenvalue weighted by Crippen LogP contribution is -2.17. The van der Waals surface area contributed by atoms with Crippen molar-refractivity contribution in [1.82, 2.24) is 19.7 Å². The highest BCUT2D eigenvalue weighted by Crippen LogP contribution is 2.33. The number of aromatic nitrogens is 3. The highest BCUT2D eigenvalue weighted by Gasteiger charge is 2.31. The van der Waals surface area contributed by atoms with Crippen molar-refractivity contribution >= 4 is 33.7 Å². The Labute approximate surface area is 173 Å². The normalized spacial score (nSPS) is 11.6. The first-order chi connectivity index (χ1) is 14.3. The van der Waals surface area contributed by atoms with Gasteiger partial charge in [-0.15, -0.1) is 11.3 Å². The minimum absolute atomic E-state index is 0.171. The smallest absolute Gasteiger partial charge is 0.355 e. The average Bonchev–Trinajstić information content (AvgIpc) is 3.29. The molecule has 10 heteroatoms. The molecule has 0 atom stereocenters. The third kappa shape index (κ3) is 3.73. The van der Waals surface area contributed by atoms with Crippen molar-refractivity contribution < 1.29 is 18.0 Å². The zero-order valence-electron chi connectivity index (χ0n) is 15.9. The van der Waals surface area contributed by atoms with E-state index in [0.717, 1.165) is 17.8 Å². The number of aryl methyl sites for hydroxylation is 1. The number of halogens is 3. The van der Waals surface area contributed by atoms with E-state index in [1.807, 2.05) is 5.38 Å². The third-order valence-corrected chi connectivity index (χ3v) is 5.26. The topological polar surface area (TPSA) is 71.3 Å². The summed E-state index contributed by atoms with van der Waals surface area (Å²) >= 11 is 1.36. The Kier molecular flexibility index (Phi) is 4.94. The number of amides is 1. The Hall–Kier alpha value is -3.40. The number of nitrogens with zero attached hydrogens (tertiary/aromatic N) is 3. The number of carbonyl (C=O) groups excluding carboxylic acids is 1. The highest BCUT2D eigenvalue weighted by atomic mass is 32.1. The van der Waals surface area contributed by atoms with Gasteiger partial charge >= 0.3 is 6.18 Å². The van der Waals surface area contributed by atoms with Gasteiger partial charge in [-0.25, -0.2) is 9.97 Å². The Bertz CT molecular complexity index is 1230. The molecule has 0 aliphatic carbocycles. The second-order valence-corrected chi connectivity index (χ2v) is 7.36. The molecule has 0 saturated carbocycles. The number of thiazole rings is 1. The van der Waals surface area contributed by atoms with Crippen LogP contribution in [0.3, 0.4) is 0 Å². The van der Waals surface area contributed by atoms with Crippen molar-refractivity contribution in [1.29, 1.82) is 0 Å². The maximum absolute atomic E-state index is 13.0. The molecule has 3 aromatic heterocycles. The Morgan fingerprint density at radius 1 is 1.13 bits per heavy atom. The quantitative estimate of drug-likeness (QED) is 0.483. The van der Waals surface area contributed by atoms with E-state index in [2.05, 4.69) is 20.6 Å². The minimum atomic E-state index is -4.42. The van der Waals surface area contributed by atoms with Gasteiger partial charge in [0.2, 0.25) is 0 Å². The zero-order valence-corrected chi connectivity index (χ0v) is 16.7. The van der Waals surface area contributed by atoms with Crippen molar-refractivity contribution in [3.05, 3.63) is 64.8 Å². The van der Waals surface area contributed by atoms with Crippen LogP contribution in [-0.4, -0.2) is 27.3 Å². The van der Waals surface area contributed by atoms with E-state index in [9.17, 15) is 18.0 Å². The van der Waals surface area contributed by atoms with Crippen LogP contribution in [0.5, 0.6) is 0 Å². The summed E-state index contributed by atoms with van der Waals surface area (Å²) in [4.78, 5) is 20.4. The fourth-order valence-corrected chi connectivity index (χ4v) is 3.78. The number of hydrogen-bond acceptors (Lipinski definition) is 5. The number of rotatable bonds is 4. The van der Waals surface area contributed by atoms with Crippen LogP contribution in [0.2, 0.25) is 0 Å². The SMILES string of the molecule is CNC(=O)c1ccc(Nc2nc(-c3c(C)nc4cc(C(F)(F)F)ccn34)cs2)cc1. The second-order valence-electron chi connectivity index (χ2n) is 6.51. The minimum Gasteiger partial charge on any atom is -0.355 e. The van der Waals surface area contributed by atoms with Gasteiger partial charge in [-0.1, -0.05) is 0 Å². The Morgan fingerprint density at radius 3 is 2.53 bits per heavy atom. The predicted octanol–water partition coefficient (Wildman–Crippen LogP) is 4.89. The average molecular weight is 431 g/mol. The first-order valence-electron chi connectivity index (χ1n) is 8.87. The second kappa shape index (κ2) is 7.45. The largest absolute Gasteiger partial charge is 0.416 e. The summed E-state index contributed by atoms with van der Waals surface area (Å²) in [5.41, 5.74) is 2.60. The molecular weight excluding hydrogens is 415 g/mol. The summed E-state index contributed by atoms with van der Waals surface area (Å²) in [6, 6.07) is 8.98. The standard InChI is InChI=1S/C20H16F3N5OS/c1-11-17(28-8-7-13(20(21,22)23)9-16(28)25-11)15-10-30-19(27-15)26-14-5-3-12(4-6-14)18(29)24-2/h3-10H,1-2H3,(H,24,29)(H,26,27). The van der Waals surface area contributed by atoms with Crippen LogP contribution in [-0.2, 0) is 6.18 Å². The van der Waals surface area contributed by atoms with Crippen LogP contribution >= 0.6 is 11.3 Å². The van der Waals surface area contributed by atoms with Crippen molar-refractivity contribution in [2.45, 2.75) is 13.1 Å². The van der Waals surface area contributed by atoms with Gasteiger partial charge in [0.1, 0.15) is 11.3 Å². The van der Waals surface area contributed by atoms with Crippen LogP contribution in [0.25, 0.3) is 17.0 Å². The van der Waals surface area contributed by atoms with Crippen molar-refractivity contribution in [3.8, 4) is 11.4 Å². The number of carbonyl (C=O) groups is 1. The number of anilines is 2. The van der Waals surface area contributed by atoms with Crippen molar-refractivity contribution in [2.24, 2.45) is 0 Å². The molecule has 0 spiro atoms. The summed E-state index contributed by atoms with van der Waals surface area (Å²) in [5, 5.41) is 8.15. The van der Waals surface area contributed by atoms with Gasteiger partial charge in [0.25, 0.3) is 5.91 Å². The molecule has 0 unspecified atom stereocenters. The van der Waals surface area contributed by atoms with Crippen LogP contribution in [0, 0.1) is 6.92 Å². The maximum Gasteiger partial charge on any atom is 0.416 e. The maximum atomic E-state index is 13.0. The molecule has 0 aliphatic heterocycles. The Balaban J connectivity index is 1.61. The summed E-state index contributed by atoms with van der Waals surface area (Å²) in [7, 11) is 1.57. The van der Waals surface area contributed by atoms with Gasteiger partial charge in [-0.3, -0.25) is 9.20 Å². The van der Waals surface area contributed by atoms with Gasteiger partial charge in [0.15, 0.2) is 5.13 Å². The molecule has 3 heterocycles. The van der Waals surface area contributed by atoms with E-state index < -0.39 is 11.7 Å². The number of fused-ring (bicyclic) bond motifs is 1. The van der Waals surface area contributed by atoms with E-state index in [4.69, 9.17) is 0 Å². The van der Waals surface area contributed by atoms with Gasteiger partial charge < -0.3 is 10.6 Å². The van der Waals surface area contributed by atoms with E-state index in [1.54, 1.807) is 42.6 Å². The van der Waals surface area contributed by atoms with Gasteiger partial charge in [0, 0.05) is 29.9 Å². The van der Waals surface area contributed by atoms with E-state index in [1.165, 1.54) is 17.5 Å². The molecule has 0 bridgehead atoms. The zero-order chi connectivity index (χ0) is 21.5. The van der Waals surface area contributed by atoms with Gasteiger partial charge in [0.05, 0.1) is 17.0 Å². The molecule has 30 heavy (non-hydrogen) atoms. The first-order valence-corrected chi connectivity index (χ1v) is 9.75.